The molecule has 0 aromatic carbocycles. The third kappa shape index (κ3) is 58.4. The highest BCUT2D eigenvalue weighted by Crippen LogP contribution is 2.38. The van der Waals surface area contributed by atoms with E-state index in [1.54, 1.807) is 0 Å². The van der Waals surface area contributed by atoms with Gasteiger partial charge in [0.2, 0.25) is 5.91 Å². The van der Waals surface area contributed by atoms with Gasteiger partial charge in [-0.2, -0.15) is 0 Å². The predicted octanol–water partition coefficient (Wildman–Crippen LogP) is 19.8. The average molecular weight is 1100 g/mol. The Kier molecular flexibility index (Phi) is 55.7. The number of likely N-dealkylation sites (N-methyl/N-ethyl adjacent to an activating group) is 1. The van der Waals surface area contributed by atoms with Gasteiger partial charge in [0.1, 0.15) is 19.3 Å². The quantitative estimate of drug-likeness (QED) is 0.0212. The molecule has 0 aliphatic rings. The molecular formula is C67H127N2O7P. The highest BCUT2D eigenvalue weighted by Gasteiger charge is 2.27. The summed E-state index contributed by atoms with van der Waals surface area (Å²) >= 11 is 0. The van der Waals surface area contributed by atoms with E-state index in [2.05, 4.69) is 62.5 Å². The molecule has 0 saturated heterocycles. The summed E-state index contributed by atoms with van der Waals surface area (Å²) in [6.07, 6.45) is 70.7. The van der Waals surface area contributed by atoms with Crippen LogP contribution >= 0.6 is 7.82 Å². The molecule has 10 heteroatoms. The molecule has 452 valence electrons. The number of allylic oxidation sites excluding steroid dienone is 7. The number of unbranched alkanes of at least 4 members (excludes halogenated alkanes) is 38. The number of nitrogens with one attached hydrogen (secondary N) is 1. The molecular weight excluding hydrogens is 976 g/mol. The Balaban J connectivity index is 5.23. The summed E-state index contributed by atoms with van der Waals surface area (Å²) in [7, 11) is 1.18. The van der Waals surface area contributed by atoms with E-state index in [-0.39, 0.29) is 24.9 Å². The molecule has 0 saturated carbocycles. The molecule has 0 spiro atoms. The average Bonchev–Trinajstić information content (AvgIpc) is 3.39. The summed E-state index contributed by atoms with van der Waals surface area (Å²) in [6.45, 7) is 6.85. The number of carbonyl (C=O) groups is 2. The normalized spacial score (nSPS) is 13.9. The van der Waals surface area contributed by atoms with Crippen LogP contribution in [0, 0.1) is 0 Å². The van der Waals surface area contributed by atoms with E-state index < -0.39 is 26.6 Å². The van der Waals surface area contributed by atoms with E-state index in [0.717, 1.165) is 89.9 Å². The molecule has 3 atom stereocenters. The van der Waals surface area contributed by atoms with Gasteiger partial charge >= 0.3 is 5.97 Å². The smallest absolute Gasteiger partial charge is 0.306 e. The van der Waals surface area contributed by atoms with Crippen molar-refractivity contribution in [2.24, 2.45) is 0 Å². The van der Waals surface area contributed by atoms with Crippen molar-refractivity contribution in [2.45, 2.75) is 328 Å². The van der Waals surface area contributed by atoms with E-state index in [1.165, 1.54) is 193 Å². The van der Waals surface area contributed by atoms with Gasteiger partial charge in [-0.25, -0.2) is 0 Å². The third-order valence-electron chi connectivity index (χ3n) is 14.8. The Morgan fingerprint density at radius 3 is 1.21 bits per heavy atom. The fourth-order valence-corrected chi connectivity index (χ4v) is 10.4. The van der Waals surface area contributed by atoms with E-state index in [0.29, 0.717) is 17.4 Å². The third-order valence-corrected chi connectivity index (χ3v) is 15.7. The molecule has 0 aliphatic heterocycles. The maximum atomic E-state index is 13.6. The lowest BCUT2D eigenvalue weighted by atomic mass is 10.0. The molecule has 0 aliphatic carbocycles. The number of hydrogen-bond donors (Lipinski definition) is 1. The fourth-order valence-electron chi connectivity index (χ4n) is 9.65. The maximum absolute atomic E-state index is 13.6. The number of ether oxygens (including phenoxy) is 1. The number of phosphoric acid groups is 1. The van der Waals surface area contributed by atoms with E-state index >= 15 is 0 Å². The van der Waals surface area contributed by atoms with Gasteiger partial charge in [-0.3, -0.25) is 14.2 Å². The van der Waals surface area contributed by atoms with Crippen LogP contribution in [0.4, 0.5) is 0 Å². The molecule has 0 heterocycles. The lowest BCUT2D eigenvalue weighted by Crippen LogP contribution is -2.47. The zero-order chi connectivity index (χ0) is 56.4. The molecule has 1 amide bonds. The summed E-state index contributed by atoms with van der Waals surface area (Å²) in [5.74, 6) is -0.542. The standard InChI is InChI=1S/C67H127N2O7P/c1-7-10-13-16-19-22-25-28-30-32-34-36-38-41-44-47-50-53-56-59-66(70)68-64(63-75-77(72,73)74-62-61-69(4,5)6)65(58-55-52-49-46-43-40-27-24-21-18-15-12-9-3)76-67(71)60-57-54-51-48-45-42-39-37-35-33-31-29-26-23-20-17-14-11-8-2/h19,22,28,30,34,36,55,58,64-65H,7-18,20-21,23-27,29,31-33,35,37-54,56-57,59-63H2,1-6H3,(H-,68,70,72,73)/b22-19-,30-28-,36-34-,58-55+. The van der Waals surface area contributed by atoms with Gasteiger partial charge < -0.3 is 28.5 Å². The molecule has 0 aromatic heterocycles. The first-order valence-corrected chi connectivity index (χ1v) is 34.4. The second-order valence-corrected chi connectivity index (χ2v) is 25.0. The fraction of sp³-hybridized carbons (Fsp3) is 0.851. The number of amides is 1. The second-order valence-electron chi connectivity index (χ2n) is 23.6. The molecule has 0 aromatic rings. The monoisotopic (exact) mass is 1100 g/mol. The minimum Gasteiger partial charge on any atom is -0.756 e. The summed E-state index contributed by atoms with van der Waals surface area (Å²) in [4.78, 5) is 40.1. The minimum absolute atomic E-state index is 0.0239. The van der Waals surface area contributed by atoms with Crippen molar-refractivity contribution in [3.8, 4) is 0 Å². The Morgan fingerprint density at radius 2 is 0.792 bits per heavy atom. The molecule has 0 bridgehead atoms. The summed E-state index contributed by atoms with van der Waals surface area (Å²) in [5.41, 5.74) is 0. The second kappa shape index (κ2) is 57.2. The van der Waals surface area contributed by atoms with Crippen molar-refractivity contribution >= 4 is 19.7 Å². The number of phosphoric ester groups is 1. The SMILES string of the molecule is CCCCC/C=C\C/C=C\C/C=C\CCCCCCCCC(=O)NC(COP(=O)([O-])OCC[N+](C)(C)C)C(/C=C/CCCCCCCCCCCCC)OC(=O)CCCCCCCCCCCCCCCCCCCCC. The molecule has 0 radical (unpaired) electrons. The lowest BCUT2D eigenvalue weighted by Gasteiger charge is -2.30. The van der Waals surface area contributed by atoms with Crippen LogP contribution in [0.3, 0.4) is 0 Å². The number of esters is 1. The summed E-state index contributed by atoms with van der Waals surface area (Å²) < 4.78 is 30.4. The van der Waals surface area contributed by atoms with Crippen LogP contribution in [-0.4, -0.2) is 69.4 Å². The van der Waals surface area contributed by atoms with Crippen molar-refractivity contribution in [3.05, 3.63) is 48.6 Å². The van der Waals surface area contributed by atoms with Crippen LogP contribution in [0.25, 0.3) is 0 Å². The first kappa shape index (κ1) is 75.0. The zero-order valence-corrected chi connectivity index (χ0v) is 52.6. The molecule has 1 N–H and O–H groups in total. The number of carbonyl (C=O) groups excluding carboxylic acids is 2. The van der Waals surface area contributed by atoms with Crippen molar-refractivity contribution in [2.75, 3.05) is 40.9 Å². The highest BCUT2D eigenvalue weighted by molar-refractivity contribution is 7.45. The molecule has 3 unspecified atom stereocenters. The van der Waals surface area contributed by atoms with Gasteiger partial charge in [0, 0.05) is 12.8 Å². The predicted molar refractivity (Wildman–Crippen MR) is 330 cm³/mol. The Morgan fingerprint density at radius 1 is 0.455 bits per heavy atom. The van der Waals surface area contributed by atoms with Crippen LogP contribution in [-0.2, 0) is 27.9 Å². The van der Waals surface area contributed by atoms with Crippen molar-refractivity contribution < 1.29 is 37.3 Å². The van der Waals surface area contributed by atoms with Gasteiger partial charge in [0.15, 0.2) is 0 Å². The number of rotatable bonds is 60. The van der Waals surface area contributed by atoms with Gasteiger partial charge in [0.05, 0.1) is 33.8 Å². The Hall–Kier alpha value is -2.03. The van der Waals surface area contributed by atoms with Gasteiger partial charge in [-0.05, 0) is 70.3 Å². The number of nitrogens with zero attached hydrogens (tertiary/aromatic N) is 1. The first-order valence-electron chi connectivity index (χ1n) is 32.9. The van der Waals surface area contributed by atoms with Gasteiger partial charge in [-0.15, -0.1) is 0 Å². The van der Waals surface area contributed by atoms with Crippen molar-refractivity contribution in [1.29, 1.82) is 0 Å². The first-order chi connectivity index (χ1) is 37.4. The Labute approximate surface area is 478 Å². The van der Waals surface area contributed by atoms with E-state index in [9.17, 15) is 19.0 Å². The molecule has 0 rings (SSSR count). The topological polar surface area (TPSA) is 114 Å². The highest BCUT2D eigenvalue weighted by atomic mass is 31.2. The summed E-state index contributed by atoms with van der Waals surface area (Å²) in [6, 6.07) is -0.893. The molecule has 77 heavy (non-hydrogen) atoms. The van der Waals surface area contributed by atoms with Crippen LogP contribution in [0.5, 0.6) is 0 Å². The van der Waals surface area contributed by atoms with Crippen molar-refractivity contribution in [3.63, 3.8) is 0 Å². The van der Waals surface area contributed by atoms with E-state index in [1.807, 2.05) is 33.3 Å². The Bertz CT molecular complexity index is 1460. The maximum Gasteiger partial charge on any atom is 0.306 e. The number of quaternary nitrogens is 1. The van der Waals surface area contributed by atoms with Gasteiger partial charge in [0.25, 0.3) is 7.82 Å². The molecule has 0 fully saturated rings. The molecule has 9 nitrogen and oxygen atoms in total. The summed E-state index contributed by atoms with van der Waals surface area (Å²) in [5, 5.41) is 3.03. The lowest BCUT2D eigenvalue weighted by molar-refractivity contribution is -0.870. The largest absolute Gasteiger partial charge is 0.756 e. The van der Waals surface area contributed by atoms with Crippen LogP contribution in [0.2, 0.25) is 0 Å². The van der Waals surface area contributed by atoms with Crippen LogP contribution in [0.15, 0.2) is 48.6 Å². The van der Waals surface area contributed by atoms with Gasteiger partial charge in [-0.1, -0.05) is 282 Å². The zero-order valence-electron chi connectivity index (χ0n) is 51.7. The van der Waals surface area contributed by atoms with E-state index in [4.69, 9.17) is 13.8 Å². The van der Waals surface area contributed by atoms with Crippen LogP contribution in [0.1, 0.15) is 316 Å². The van der Waals surface area contributed by atoms with Crippen LogP contribution < -0.4 is 10.2 Å². The minimum atomic E-state index is -4.70. The number of hydrogen-bond acceptors (Lipinski definition) is 7. The van der Waals surface area contributed by atoms with Crippen molar-refractivity contribution in [1.82, 2.24) is 5.32 Å².